The van der Waals surface area contributed by atoms with Gasteiger partial charge in [0.15, 0.2) is 0 Å². The van der Waals surface area contributed by atoms with Crippen molar-refractivity contribution < 1.29 is 0 Å². The lowest BCUT2D eigenvalue weighted by molar-refractivity contribution is 0.0972. The van der Waals surface area contributed by atoms with E-state index in [1.54, 1.807) is 0 Å². The first-order valence-corrected chi connectivity index (χ1v) is 6.50. The molecule has 1 aromatic heterocycles. The number of hydrogen-bond acceptors (Lipinski definition) is 3. The van der Waals surface area contributed by atoms with Crippen LogP contribution in [0, 0.1) is 0 Å². The second-order valence-electron chi connectivity index (χ2n) is 4.83. The molecule has 1 aromatic rings. The van der Waals surface area contributed by atoms with Gasteiger partial charge in [-0.05, 0) is 44.0 Å². The molecule has 1 heterocycles. The normalized spacial score (nSPS) is 14.9. The van der Waals surface area contributed by atoms with Crippen molar-refractivity contribution in [1.82, 2.24) is 9.88 Å². The SMILES string of the molecule is CCCN(Cc1ccncc1)C(C)(CC)CN. The molecule has 0 spiro atoms. The fraction of sp³-hybridized carbons (Fsp3) is 0.643. The summed E-state index contributed by atoms with van der Waals surface area (Å²) in [6.07, 6.45) is 5.94. The maximum Gasteiger partial charge on any atom is 0.0304 e. The summed E-state index contributed by atoms with van der Waals surface area (Å²) in [5.74, 6) is 0. The zero-order valence-electron chi connectivity index (χ0n) is 11.3. The number of nitrogens with zero attached hydrogens (tertiary/aromatic N) is 2. The average Bonchev–Trinajstić information content (AvgIpc) is 2.38. The van der Waals surface area contributed by atoms with Crippen LogP contribution in [0.15, 0.2) is 24.5 Å². The van der Waals surface area contributed by atoms with Crippen molar-refractivity contribution in [1.29, 1.82) is 0 Å². The fourth-order valence-corrected chi connectivity index (χ4v) is 2.02. The quantitative estimate of drug-likeness (QED) is 0.789. The molecule has 1 atom stereocenters. The highest BCUT2D eigenvalue weighted by Crippen LogP contribution is 2.21. The van der Waals surface area contributed by atoms with Crippen molar-refractivity contribution in [2.24, 2.45) is 5.73 Å². The third kappa shape index (κ3) is 3.79. The van der Waals surface area contributed by atoms with Gasteiger partial charge in [0.1, 0.15) is 0 Å². The molecular weight excluding hydrogens is 210 g/mol. The molecule has 3 nitrogen and oxygen atoms in total. The third-order valence-corrected chi connectivity index (χ3v) is 3.58. The first-order valence-electron chi connectivity index (χ1n) is 6.50. The Bertz CT molecular complexity index is 307. The fourth-order valence-electron chi connectivity index (χ4n) is 2.02. The van der Waals surface area contributed by atoms with Crippen molar-refractivity contribution in [2.75, 3.05) is 13.1 Å². The largest absolute Gasteiger partial charge is 0.329 e. The molecular formula is C14H25N3. The van der Waals surface area contributed by atoms with E-state index in [0.717, 1.165) is 25.9 Å². The van der Waals surface area contributed by atoms with Crippen LogP contribution in [0.2, 0.25) is 0 Å². The van der Waals surface area contributed by atoms with Gasteiger partial charge in [0.05, 0.1) is 0 Å². The van der Waals surface area contributed by atoms with Gasteiger partial charge < -0.3 is 5.73 Å². The van der Waals surface area contributed by atoms with E-state index in [1.807, 2.05) is 12.4 Å². The van der Waals surface area contributed by atoms with Gasteiger partial charge in [-0.1, -0.05) is 13.8 Å². The molecule has 96 valence electrons. The summed E-state index contributed by atoms with van der Waals surface area (Å²) in [7, 11) is 0. The summed E-state index contributed by atoms with van der Waals surface area (Å²) in [4.78, 5) is 6.55. The lowest BCUT2D eigenvalue weighted by Crippen LogP contribution is -2.51. The Morgan fingerprint density at radius 2 is 1.94 bits per heavy atom. The van der Waals surface area contributed by atoms with Gasteiger partial charge in [-0.3, -0.25) is 9.88 Å². The third-order valence-electron chi connectivity index (χ3n) is 3.58. The van der Waals surface area contributed by atoms with Crippen LogP contribution in [0.1, 0.15) is 39.2 Å². The van der Waals surface area contributed by atoms with Crippen LogP contribution < -0.4 is 5.73 Å². The van der Waals surface area contributed by atoms with Crippen molar-refractivity contribution >= 4 is 0 Å². The van der Waals surface area contributed by atoms with Gasteiger partial charge in [0.25, 0.3) is 0 Å². The molecule has 2 N–H and O–H groups in total. The summed E-state index contributed by atoms with van der Waals surface area (Å²) in [6.45, 7) is 9.43. The van der Waals surface area contributed by atoms with Crippen molar-refractivity contribution in [3.63, 3.8) is 0 Å². The Hall–Kier alpha value is -0.930. The second-order valence-corrected chi connectivity index (χ2v) is 4.83. The van der Waals surface area contributed by atoms with Crippen LogP contribution in [0.5, 0.6) is 0 Å². The number of nitrogens with two attached hydrogens (primary N) is 1. The van der Waals surface area contributed by atoms with Crippen LogP contribution in [-0.2, 0) is 6.54 Å². The molecule has 0 fully saturated rings. The monoisotopic (exact) mass is 235 g/mol. The number of rotatable bonds is 7. The minimum absolute atomic E-state index is 0.0965. The topological polar surface area (TPSA) is 42.2 Å². The van der Waals surface area contributed by atoms with E-state index in [2.05, 4.69) is 42.8 Å². The minimum atomic E-state index is 0.0965. The van der Waals surface area contributed by atoms with Gasteiger partial charge >= 0.3 is 0 Å². The van der Waals surface area contributed by atoms with Gasteiger partial charge in [-0.2, -0.15) is 0 Å². The molecule has 0 amide bonds. The molecule has 1 rings (SSSR count). The van der Waals surface area contributed by atoms with E-state index in [4.69, 9.17) is 5.73 Å². The predicted octanol–water partition coefficient (Wildman–Crippen LogP) is 2.42. The standard InChI is InChI=1S/C14H25N3/c1-4-10-17(14(3,5-2)12-15)11-13-6-8-16-9-7-13/h6-9H,4-5,10-12,15H2,1-3H3. The maximum atomic E-state index is 5.95. The zero-order valence-corrected chi connectivity index (χ0v) is 11.3. The van der Waals surface area contributed by atoms with Crippen LogP contribution in [-0.4, -0.2) is 28.5 Å². The highest BCUT2D eigenvalue weighted by Gasteiger charge is 2.27. The first kappa shape index (κ1) is 14.1. The summed E-state index contributed by atoms with van der Waals surface area (Å²) in [5, 5.41) is 0. The van der Waals surface area contributed by atoms with Crippen molar-refractivity contribution in [3.05, 3.63) is 30.1 Å². The Morgan fingerprint density at radius 3 is 2.41 bits per heavy atom. The summed E-state index contributed by atoms with van der Waals surface area (Å²) in [5.41, 5.74) is 7.35. The summed E-state index contributed by atoms with van der Waals surface area (Å²) >= 11 is 0. The first-order chi connectivity index (χ1) is 8.16. The summed E-state index contributed by atoms with van der Waals surface area (Å²) in [6, 6.07) is 4.16. The van der Waals surface area contributed by atoms with Gasteiger partial charge in [-0.25, -0.2) is 0 Å². The Balaban J connectivity index is 2.79. The molecule has 0 saturated heterocycles. The van der Waals surface area contributed by atoms with Crippen LogP contribution in [0.3, 0.4) is 0 Å². The average molecular weight is 235 g/mol. The van der Waals surface area contributed by atoms with Crippen LogP contribution in [0.25, 0.3) is 0 Å². The molecule has 0 aliphatic heterocycles. The smallest absolute Gasteiger partial charge is 0.0304 e. The highest BCUT2D eigenvalue weighted by molar-refractivity contribution is 5.10. The van der Waals surface area contributed by atoms with Gasteiger partial charge in [0, 0.05) is 31.0 Å². The van der Waals surface area contributed by atoms with E-state index in [-0.39, 0.29) is 5.54 Å². The molecule has 0 saturated carbocycles. The zero-order chi connectivity index (χ0) is 12.7. The molecule has 0 aliphatic rings. The summed E-state index contributed by atoms with van der Waals surface area (Å²) < 4.78 is 0. The van der Waals surface area contributed by atoms with E-state index in [0.29, 0.717) is 6.54 Å². The van der Waals surface area contributed by atoms with E-state index in [9.17, 15) is 0 Å². The van der Waals surface area contributed by atoms with Gasteiger partial charge in [-0.15, -0.1) is 0 Å². The Kier molecular flexibility index (Phi) is 5.59. The highest BCUT2D eigenvalue weighted by atomic mass is 15.2. The molecule has 3 heteroatoms. The molecule has 0 aromatic carbocycles. The Labute approximate surface area is 105 Å². The number of pyridine rings is 1. The van der Waals surface area contributed by atoms with E-state index < -0.39 is 0 Å². The second kappa shape index (κ2) is 6.72. The van der Waals surface area contributed by atoms with Crippen LogP contribution >= 0.6 is 0 Å². The lowest BCUT2D eigenvalue weighted by atomic mass is 9.95. The Morgan fingerprint density at radius 1 is 1.29 bits per heavy atom. The molecule has 0 bridgehead atoms. The van der Waals surface area contributed by atoms with E-state index >= 15 is 0 Å². The van der Waals surface area contributed by atoms with E-state index in [1.165, 1.54) is 5.56 Å². The molecule has 17 heavy (non-hydrogen) atoms. The van der Waals surface area contributed by atoms with Crippen LogP contribution in [0.4, 0.5) is 0 Å². The molecule has 1 unspecified atom stereocenters. The maximum absolute atomic E-state index is 5.95. The predicted molar refractivity (Wildman–Crippen MR) is 72.7 cm³/mol. The molecule has 0 aliphatic carbocycles. The van der Waals surface area contributed by atoms with Gasteiger partial charge in [0.2, 0.25) is 0 Å². The minimum Gasteiger partial charge on any atom is -0.329 e. The molecule has 0 radical (unpaired) electrons. The van der Waals surface area contributed by atoms with Crippen molar-refractivity contribution in [2.45, 2.75) is 45.7 Å². The lowest BCUT2D eigenvalue weighted by Gasteiger charge is -2.40. The number of aromatic nitrogens is 1. The number of hydrogen-bond donors (Lipinski definition) is 1. The van der Waals surface area contributed by atoms with Crippen molar-refractivity contribution in [3.8, 4) is 0 Å².